The van der Waals surface area contributed by atoms with Gasteiger partial charge in [0.1, 0.15) is 6.61 Å². The fourth-order valence-corrected chi connectivity index (χ4v) is 1.47. The number of rotatable bonds is 7. The lowest BCUT2D eigenvalue weighted by molar-refractivity contribution is -0.175. The average Bonchev–Trinajstić information content (AvgIpc) is 2.33. The number of hydrogen-bond donors (Lipinski definition) is 1. The van der Waals surface area contributed by atoms with E-state index >= 15 is 0 Å². The number of halogens is 3. The highest BCUT2D eigenvalue weighted by Gasteiger charge is 2.28. The Morgan fingerprint density at radius 1 is 1.44 bits per heavy atom. The maximum atomic E-state index is 12.0. The summed E-state index contributed by atoms with van der Waals surface area (Å²) in [5.41, 5.74) is 0.827. The van der Waals surface area contributed by atoms with Crippen molar-refractivity contribution in [2.24, 2.45) is 0 Å². The summed E-state index contributed by atoms with van der Waals surface area (Å²) >= 11 is 0. The zero-order chi connectivity index (χ0) is 13.4. The van der Waals surface area contributed by atoms with E-state index < -0.39 is 12.8 Å². The molecule has 1 aromatic heterocycles. The van der Waals surface area contributed by atoms with Gasteiger partial charge in [-0.3, -0.25) is 4.98 Å². The number of pyridine rings is 1. The van der Waals surface area contributed by atoms with Crippen LogP contribution in [0.3, 0.4) is 0 Å². The van der Waals surface area contributed by atoms with Gasteiger partial charge in [-0.05, 0) is 24.6 Å². The highest BCUT2D eigenvalue weighted by Crippen LogP contribution is 2.17. The van der Waals surface area contributed by atoms with E-state index in [0.29, 0.717) is 0 Å². The molecule has 0 radical (unpaired) electrons. The lowest BCUT2D eigenvalue weighted by atomic mass is 10.1. The fraction of sp³-hybridized carbons (Fsp3) is 0.583. The Kier molecular flexibility index (Phi) is 6.07. The van der Waals surface area contributed by atoms with Crippen LogP contribution in [0.15, 0.2) is 24.5 Å². The summed E-state index contributed by atoms with van der Waals surface area (Å²) in [6.45, 7) is 1.46. The van der Waals surface area contributed by atoms with Crippen molar-refractivity contribution in [3.8, 4) is 0 Å². The Balaban J connectivity index is 2.51. The SMILES string of the molecule is CCCNC(COCC(F)(F)F)c1cccnc1. The third-order valence-electron chi connectivity index (χ3n) is 2.28. The third-order valence-corrected chi connectivity index (χ3v) is 2.28. The van der Waals surface area contributed by atoms with Gasteiger partial charge >= 0.3 is 6.18 Å². The molecule has 1 heterocycles. The minimum absolute atomic E-state index is 0.0226. The lowest BCUT2D eigenvalue weighted by Crippen LogP contribution is -2.28. The number of aromatic nitrogens is 1. The van der Waals surface area contributed by atoms with E-state index in [2.05, 4.69) is 10.3 Å². The van der Waals surface area contributed by atoms with Gasteiger partial charge < -0.3 is 10.1 Å². The summed E-state index contributed by atoms with van der Waals surface area (Å²) in [7, 11) is 0. The standard InChI is InChI=1S/C12H17F3N2O/c1-2-5-17-11(8-18-9-12(13,14)15)10-4-3-6-16-7-10/h3-4,6-7,11,17H,2,5,8-9H2,1H3. The summed E-state index contributed by atoms with van der Waals surface area (Å²) in [5.74, 6) is 0. The molecule has 0 saturated heterocycles. The largest absolute Gasteiger partial charge is 0.411 e. The second-order valence-electron chi connectivity index (χ2n) is 3.92. The fourth-order valence-electron chi connectivity index (χ4n) is 1.47. The van der Waals surface area contributed by atoms with Gasteiger partial charge in [-0.1, -0.05) is 13.0 Å². The molecule has 1 atom stereocenters. The van der Waals surface area contributed by atoms with Crippen molar-refractivity contribution in [1.82, 2.24) is 10.3 Å². The van der Waals surface area contributed by atoms with E-state index in [-0.39, 0.29) is 12.6 Å². The summed E-state index contributed by atoms with van der Waals surface area (Å²) < 4.78 is 40.7. The van der Waals surface area contributed by atoms with E-state index in [0.717, 1.165) is 18.5 Å². The van der Waals surface area contributed by atoms with Gasteiger partial charge in [-0.15, -0.1) is 0 Å². The predicted molar refractivity (Wildman–Crippen MR) is 62.1 cm³/mol. The van der Waals surface area contributed by atoms with Crippen LogP contribution in [-0.4, -0.2) is 30.9 Å². The minimum atomic E-state index is -4.29. The van der Waals surface area contributed by atoms with Crippen molar-refractivity contribution in [3.63, 3.8) is 0 Å². The smallest absolute Gasteiger partial charge is 0.370 e. The van der Waals surface area contributed by atoms with Gasteiger partial charge in [0.2, 0.25) is 0 Å². The molecule has 0 aliphatic carbocycles. The first kappa shape index (κ1) is 14.9. The van der Waals surface area contributed by atoms with Crippen LogP contribution in [0.2, 0.25) is 0 Å². The summed E-state index contributed by atoms with van der Waals surface area (Å²) in [4.78, 5) is 3.95. The zero-order valence-electron chi connectivity index (χ0n) is 10.2. The molecule has 1 aromatic rings. The van der Waals surface area contributed by atoms with Gasteiger partial charge in [0.25, 0.3) is 0 Å². The number of nitrogens with one attached hydrogen (secondary N) is 1. The average molecular weight is 262 g/mol. The molecule has 0 aliphatic heterocycles. The van der Waals surface area contributed by atoms with Crippen LogP contribution in [-0.2, 0) is 4.74 Å². The Morgan fingerprint density at radius 3 is 2.78 bits per heavy atom. The molecular formula is C12H17F3N2O. The highest BCUT2D eigenvalue weighted by atomic mass is 19.4. The van der Waals surface area contributed by atoms with Crippen molar-refractivity contribution in [2.75, 3.05) is 19.8 Å². The van der Waals surface area contributed by atoms with Crippen molar-refractivity contribution >= 4 is 0 Å². The molecule has 1 unspecified atom stereocenters. The van der Waals surface area contributed by atoms with Gasteiger partial charge in [0.05, 0.1) is 12.6 Å². The maximum Gasteiger partial charge on any atom is 0.411 e. The third kappa shape index (κ3) is 5.97. The van der Waals surface area contributed by atoms with Crippen molar-refractivity contribution < 1.29 is 17.9 Å². The molecule has 1 rings (SSSR count). The van der Waals surface area contributed by atoms with Crippen LogP contribution < -0.4 is 5.32 Å². The van der Waals surface area contributed by atoms with Crippen LogP contribution in [0, 0.1) is 0 Å². The second kappa shape index (κ2) is 7.33. The number of nitrogens with zero attached hydrogens (tertiary/aromatic N) is 1. The monoisotopic (exact) mass is 262 g/mol. The molecule has 1 N–H and O–H groups in total. The van der Waals surface area contributed by atoms with Gasteiger partial charge in [0, 0.05) is 12.4 Å². The normalized spacial score (nSPS) is 13.6. The van der Waals surface area contributed by atoms with Crippen molar-refractivity contribution in [2.45, 2.75) is 25.6 Å². The molecule has 0 bridgehead atoms. The highest BCUT2D eigenvalue weighted by molar-refractivity contribution is 5.13. The molecule has 0 aliphatic rings. The van der Waals surface area contributed by atoms with Crippen LogP contribution in [0.1, 0.15) is 24.9 Å². The Bertz CT molecular complexity index is 330. The zero-order valence-corrected chi connectivity index (χ0v) is 10.2. The molecular weight excluding hydrogens is 245 g/mol. The molecule has 102 valence electrons. The van der Waals surface area contributed by atoms with E-state index in [1.165, 1.54) is 0 Å². The van der Waals surface area contributed by atoms with Gasteiger partial charge in [0.15, 0.2) is 0 Å². The van der Waals surface area contributed by atoms with E-state index in [9.17, 15) is 13.2 Å². The number of hydrogen-bond acceptors (Lipinski definition) is 3. The number of ether oxygens (including phenoxy) is 1. The molecule has 0 saturated carbocycles. The second-order valence-corrected chi connectivity index (χ2v) is 3.92. The topological polar surface area (TPSA) is 34.1 Å². The Morgan fingerprint density at radius 2 is 2.22 bits per heavy atom. The minimum Gasteiger partial charge on any atom is -0.370 e. The van der Waals surface area contributed by atoms with E-state index in [4.69, 9.17) is 4.74 Å². The van der Waals surface area contributed by atoms with Crippen LogP contribution in [0.5, 0.6) is 0 Å². The van der Waals surface area contributed by atoms with Crippen LogP contribution in [0.25, 0.3) is 0 Å². The van der Waals surface area contributed by atoms with E-state index in [1.807, 2.05) is 13.0 Å². The van der Waals surface area contributed by atoms with Gasteiger partial charge in [-0.2, -0.15) is 13.2 Å². The van der Waals surface area contributed by atoms with Gasteiger partial charge in [-0.25, -0.2) is 0 Å². The molecule has 0 amide bonds. The molecule has 0 spiro atoms. The van der Waals surface area contributed by atoms with Crippen LogP contribution >= 0.6 is 0 Å². The molecule has 0 fully saturated rings. The molecule has 0 aromatic carbocycles. The van der Waals surface area contributed by atoms with Crippen molar-refractivity contribution in [3.05, 3.63) is 30.1 Å². The number of alkyl halides is 3. The predicted octanol–water partition coefficient (Wildman–Crippen LogP) is 2.70. The molecule has 18 heavy (non-hydrogen) atoms. The quantitative estimate of drug-likeness (QED) is 0.820. The summed E-state index contributed by atoms with van der Waals surface area (Å²) in [5, 5.41) is 3.14. The Labute approximate surface area is 104 Å². The van der Waals surface area contributed by atoms with Crippen molar-refractivity contribution in [1.29, 1.82) is 0 Å². The lowest BCUT2D eigenvalue weighted by Gasteiger charge is -2.19. The maximum absolute atomic E-state index is 12.0. The molecule has 3 nitrogen and oxygen atoms in total. The molecule has 6 heteroatoms. The first-order chi connectivity index (χ1) is 8.53. The Hall–Kier alpha value is -1.14. The van der Waals surface area contributed by atoms with E-state index in [1.54, 1.807) is 18.5 Å². The summed E-state index contributed by atoms with van der Waals surface area (Å²) in [6.07, 6.45) is -0.137. The first-order valence-electron chi connectivity index (χ1n) is 5.80. The van der Waals surface area contributed by atoms with Crippen LogP contribution in [0.4, 0.5) is 13.2 Å². The summed E-state index contributed by atoms with van der Waals surface area (Å²) in [6, 6.07) is 3.30. The first-order valence-corrected chi connectivity index (χ1v) is 5.80.